The number of aliphatic hydroxyl groups excluding tert-OH is 1. The lowest BCUT2D eigenvalue weighted by atomic mass is 9.71. The number of carbonyl (C=O) groups is 3. The molecule has 3 amide bonds. The summed E-state index contributed by atoms with van der Waals surface area (Å²) in [5.74, 6) is -1.51. The first-order valence-electron chi connectivity index (χ1n) is 12.9. The van der Waals surface area contributed by atoms with Crippen molar-refractivity contribution in [1.82, 2.24) is 20.4 Å². The van der Waals surface area contributed by atoms with Crippen LogP contribution in [0.2, 0.25) is 0 Å². The molecular formula is C26H36N4O5S. The zero-order chi connectivity index (χ0) is 25.3. The molecule has 4 aliphatic rings. The predicted molar refractivity (Wildman–Crippen MR) is 136 cm³/mol. The molecule has 2 bridgehead atoms. The van der Waals surface area contributed by atoms with E-state index in [9.17, 15) is 19.5 Å². The van der Waals surface area contributed by atoms with Crippen molar-refractivity contribution >= 4 is 29.5 Å². The molecule has 4 aliphatic heterocycles. The summed E-state index contributed by atoms with van der Waals surface area (Å²) in [4.78, 5) is 44.7. The number of carbonyl (C=O) groups excluding carboxylic acids is 3. The molecule has 0 saturated carbocycles. The third-order valence-electron chi connectivity index (χ3n) is 8.28. The van der Waals surface area contributed by atoms with Crippen molar-refractivity contribution in [3.8, 4) is 0 Å². The normalized spacial score (nSPS) is 32.4. The van der Waals surface area contributed by atoms with Gasteiger partial charge in [0, 0.05) is 38.5 Å². The molecule has 4 fully saturated rings. The van der Waals surface area contributed by atoms with Crippen LogP contribution in [-0.2, 0) is 25.5 Å². The Labute approximate surface area is 216 Å². The minimum atomic E-state index is -0.717. The minimum absolute atomic E-state index is 0.0337. The van der Waals surface area contributed by atoms with E-state index in [-0.39, 0.29) is 29.6 Å². The van der Waals surface area contributed by atoms with Crippen LogP contribution in [0.15, 0.2) is 30.3 Å². The molecule has 1 spiro atoms. The van der Waals surface area contributed by atoms with Crippen LogP contribution in [-0.4, -0.2) is 108 Å². The van der Waals surface area contributed by atoms with E-state index in [0.29, 0.717) is 32.6 Å². The van der Waals surface area contributed by atoms with E-state index in [4.69, 9.17) is 4.74 Å². The van der Waals surface area contributed by atoms with Crippen LogP contribution in [0.4, 0.5) is 0 Å². The van der Waals surface area contributed by atoms with Gasteiger partial charge < -0.3 is 25.4 Å². The number of hydrogen-bond acceptors (Lipinski definition) is 7. The number of rotatable bonds is 9. The Morgan fingerprint density at radius 1 is 1.22 bits per heavy atom. The summed E-state index contributed by atoms with van der Waals surface area (Å²) in [7, 11) is 1.60. The number of benzene rings is 1. The van der Waals surface area contributed by atoms with Gasteiger partial charge in [0.05, 0.1) is 42.4 Å². The Hall–Kier alpha value is -2.14. The molecule has 3 N–H and O–H groups in total. The number of ether oxygens (including phenoxy) is 1. The summed E-state index contributed by atoms with van der Waals surface area (Å²) in [6, 6.07) is 8.46. The summed E-state index contributed by atoms with van der Waals surface area (Å²) in [6.07, 6.45) is 1.97. The molecule has 2 unspecified atom stereocenters. The van der Waals surface area contributed by atoms with Crippen molar-refractivity contribution in [3.63, 3.8) is 0 Å². The zero-order valence-corrected chi connectivity index (χ0v) is 21.5. The standard InChI is InChI=1S/C26H36N4O5S/c1-27-23(32)20-19-7-8-26(36-19)21(20)25(34)30(18(16-31)15-17-5-3-2-4-6-17)22(26)24(33)28-9-10-29-11-13-35-14-12-29/h2-6,18-22,31H,7-16H2,1H3,(H,27,32)(H,28,33)/t18-,19+,20-,21+,22?,26?/m1/s1. The number of aliphatic hydroxyl groups is 1. The van der Waals surface area contributed by atoms with Gasteiger partial charge >= 0.3 is 0 Å². The molecule has 0 radical (unpaired) electrons. The number of nitrogens with one attached hydrogen (secondary N) is 2. The second-order valence-corrected chi connectivity index (χ2v) is 11.8. The van der Waals surface area contributed by atoms with Gasteiger partial charge in [-0.05, 0) is 24.8 Å². The van der Waals surface area contributed by atoms with Crippen LogP contribution in [0.1, 0.15) is 18.4 Å². The highest BCUT2D eigenvalue weighted by atomic mass is 32.2. The third kappa shape index (κ3) is 4.42. The van der Waals surface area contributed by atoms with E-state index < -0.39 is 28.7 Å². The molecular weight excluding hydrogens is 480 g/mol. The number of nitrogens with zero attached hydrogens (tertiary/aromatic N) is 2. The number of fused-ring (bicyclic) bond motifs is 1. The number of amides is 3. The maximum atomic E-state index is 14.0. The highest BCUT2D eigenvalue weighted by molar-refractivity contribution is 8.02. The number of hydrogen-bond donors (Lipinski definition) is 3. The Morgan fingerprint density at radius 2 is 1.97 bits per heavy atom. The molecule has 1 aromatic carbocycles. The van der Waals surface area contributed by atoms with E-state index in [2.05, 4.69) is 15.5 Å². The monoisotopic (exact) mass is 516 g/mol. The minimum Gasteiger partial charge on any atom is -0.394 e. The van der Waals surface area contributed by atoms with Crippen molar-refractivity contribution in [3.05, 3.63) is 35.9 Å². The quantitative estimate of drug-likeness (QED) is 0.420. The Balaban J connectivity index is 1.42. The van der Waals surface area contributed by atoms with Gasteiger partial charge in [0.1, 0.15) is 6.04 Å². The average molecular weight is 517 g/mol. The van der Waals surface area contributed by atoms with Crippen molar-refractivity contribution in [1.29, 1.82) is 0 Å². The lowest BCUT2D eigenvalue weighted by molar-refractivity contribution is -0.142. The van der Waals surface area contributed by atoms with E-state index in [1.54, 1.807) is 23.7 Å². The lowest BCUT2D eigenvalue weighted by Gasteiger charge is -2.37. The molecule has 196 valence electrons. The van der Waals surface area contributed by atoms with Crippen LogP contribution in [0.3, 0.4) is 0 Å². The van der Waals surface area contributed by atoms with E-state index in [0.717, 1.165) is 31.6 Å². The van der Waals surface area contributed by atoms with Crippen molar-refractivity contribution in [2.24, 2.45) is 11.8 Å². The highest BCUT2D eigenvalue weighted by Crippen LogP contribution is 2.66. The van der Waals surface area contributed by atoms with Gasteiger partial charge in [0.25, 0.3) is 0 Å². The fourth-order valence-corrected chi connectivity index (χ4v) is 8.85. The molecule has 4 heterocycles. The fraction of sp³-hybridized carbons (Fsp3) is 0.654. The van der Waals surface area contributed by atoms with Gasteiger partial charge in [0.2, 0.25) is 17.7 Å². The molecule has 6 atom stereocenters. The molecule has 5 rings (SSSR count). The van der Waals surface area contributed by atoms with E-state index in [1.807, 2.05) is 30.3 Å². The summed E-state index contributed by atoms with van der Waals surface area (Å²) < 4.78 is 4.76. The largest absolute Gasteiger partial charge is 0.394 e. The Kier molecular flexibility index (Phi) is 7.57. The maximum Gasteiger partial charge on any atom is 0.244 e. The van der Waals surface area contributed by atoms with Gasteiger partial charge in [-0.2, -0.15) is 0 Å². The Bertz CT molecular complexity index is 974. The third-order valence-corrected chi connectivity index (χ3v) is 10.2. The highest BCUT2D eigenvalue weighted by Gasteiger charge is 2.74. The van der Waals surface area contributed by atoms with Crippen LogP contribution in [0, 0.1) is 11.8 Å². The van der Waals surface area contributed by atoms with Gasteiger partial charge in [0.15, 0.2) is 0 Å². The molecule has 10 heteroatoms. The topological polar surface area (TPSA) is 111 Å². The first-order chi connectivity index (χ1) is 17.5. The average Bonchev–Trinajstić information content (AvgIpc) is 3.55. The van der Waals surface area contributed by atoms with E-state index in [1.165, 1.54) is 0 Å². The lowest BCUT2D eigenvalue weighted by Crippen LogP contribution is -2.57. The molecule has 0 aromatic heterocycles. The van der Waals surface area contributed by atoms with Gasteiger partial charge in [-0.25, -0.2) is 0 Å². The number of likely N-dealkylation sites (tertiary alicyclic amines) is 1. The fourth-order valence-electron chi connectivity index (χ4n) is 6.65. The SMILES string of the molecule is CNC(=O)[C@@H]1[C@@H]2CCC3(S2)C(C(=O)NCCN2CCOCC2)N([C@@H](CO)Cc2ccccc2)C(=O)[C@H]13. The summed E-state index contributed by atoms with van der Waals surface area (Å²) in [6.45, 7) is 4.01. The van der Waals surface area contributed by atoms with Crippen LogP contribution in [0.5, 0.6) is 0 Å². The van der Waals surface area contributed by atoms with Crippen molar-refractivity contribution in [2.75, 3.05) is 53.0 Å². The van der Waals surface area contributed by atoms with Crippen molar-refractivity contribution < 1.29 is 24.2 Å². The number of thioether (sulfide) groups is 1. The molecule has 9 nitrogen and oxygen atoms in total. The van der Waals surface area contributed by atoms with Gasteiger partial charge in [-0.1, -0.05) is 30.3 Å². The Morgan fingerprint density at radius 3 is 2.67 bits per heavy atom. The summed E-state index contributed by atoms with van der Waals surface area (Å²) in [5, 5.41) is 16.3. The summed E-state index contributed by atoms with van der Waals surface area (Å²) >= 11 is 1.65. The zero-order valence-electron chi connectivity index (χ0n) is 20.7. The molecule has 4 saturated heterocycles. The maximum absolute atomic E-state index is 14.0. The first-order valence-corrected chi connectivity index (χ1v) is 13.8. The second kappa shape index (κ2) is 10.7. The summed E-state index contributed by atoms with van der Waals surface area (Å²) in [5.41, 5.74) is 0.991. The second-order valence-electron chi connectivity index (χ2n) is 10.2. The van der Waals surface area contributed by atoms with Crippen LogP contribution >= 0.6 is 11.8 Å². The van der Waals surface area contributed by atoms with Gasteiger partial charge in [-0.15, -0.1) is 11.8 Å². The van der Waals surface area contributed by atoms with Crippen LogP contribution in [0.25, 0.3) is 0 Å². The van der Waals surface area contributed by atoms with E-state index >= 15 is 0 Å². The van der Waals surface area contributed by atoms with Gasteiger partial charge in [-0.3, -0.25) is 19.3 Å². The molecule has 1 aromatic rings. The van der Waals surface area contributed by atoms with Crippen molar-refractivity contribution in [2.45, 2.75) is 41.3 Å². The molecule has 36 heavy (non-hydrogen) atoms. The number of morpholine rings is 1. The molecule has 0 aliphatic carbocycles. The van der Waals surface area contributed by atoms with Crippen LogP contribution < -0.4 is 10.6 Å². The first kappa shape index (κ1) is 25.5. The predicted octanol–water partition coefficient (Wildman–Crippen LogP) is -0.124. The smallest absolute Gasteiger partial charge is 0.244 e.